The summed E-state index contributed by atoms with van der Waals surface area (Å²) >= 11 is 0. The van der Waals surface area contributed by atoms with Crippen LogP contribution in [0, 0.1) is 28.6 Å². The number of carbonyl (C=O) groups excluding carboxylic acids is 1. The summed E-state index contributed by atoms with van der Waals surface area (Å²) in [5, 5.41) is 22.1. The van der Waals surface area contributed by atoms with Crippen molar-refractivity contribution in [2.75, 3.05) is 0 Å². The third-order valence-corrected chi connectivity index (χ3v) is 10.6. The van der Waals surface area contributed by atoms with Gasteiger partial charge in [0.2, 0.25) is 0 Å². The van der Waals surface area contributed by atoms with E-state index in [1.807, 2.05) is 0 Å². The van der Waals surface area contributed by atoms with Gasteiger partial charge in [0.25, 0.3) is 0 Å². The lowest BCUT2D eigenvalue weighted by Gasteiger charge is -2.62. The summed E-state index contributed by atoms with van der Waals surface area (Å²) in [6.07, 6.45) is 5.07. The summed E-state index contributed by atoms with van der Waals surface area (Å²) in [5.74, 6) is 0.309. The van der Waals surface area contributed by atoms with E-state index in [2.05, 4.69) is 13.8 Å². The third-order valence-electron chi connectivity index (χ3n) is 10.6. The Labute approximate surface area is 193 Å². The van der Waals surface area contributed by atoms with Crippen LogP contribution in [0.25, 0.3) is 0 Å². The van der Waals surface area contributed by atoms with Gasteiger partial charge >= 0.3 is 11.6 Å². The van der Waals surface area contributed by atoms with Gasteiger partial charge in [-0.15, -0.1) is 0 Å². The monoisotopic (exact) mass is 458 g/mol. The number of hydrogen-bond acceptors (Lipinski definition) is 7. The highest BCUT2D eigenvalue weighted by molar-refractivity contribution is 5.67. The van der Waals surface area contributed by atoms with E-state index in [-0.39, 0.29) is 35.4 Å². The van der Waals surface area contributed by atoms with Crippen LogP contribution in [0.4, 0.5) is 0 Å². The molecule has 4 aliphatic carbocycles. The molecule has 180 valence electrons. The van der Waals surface area contributed by atoms with Crippen molar-refractivity contribution in [2.24, 2.45) is 28.6 Å². The van der Waals surface area contributed by atoms with E-state index >= 15 is 0 Å². The van der Waals surface area contributed by atoms with E-state index in [4.69, 9.17) is 13.9 Å². The molecule has 2 unspecified atom stereocenters. The largest absolute Gasteiger partial charge is 0.459 e. The second-order valence-electron chi connectivity index (χ2n) is 11.7. The van der Waals surface area contributed by atoms with Crippen molar-refractivity contribution in [1.82, 2.24) is 0 Å². The van der Waals surface area contributed by atoms with Crippen molar-refractivity contribution in [2.45, 2.75) is 95.2 Å². The second kappa shape index (κ2) is 6.92. The summed E-state index contributed by atoms with van der Waals surface area (Å²) < 4.78 is 17.6. The predicted molar refractivity (Wildman–Crippen MR) is 117 cm³/mol. The van der Waals surface area contributed by atoms with Crippen molar-refractivity contribution >= 4 is 5.97 Å². The Morgan fingerprint density at radius 3 is 2.61 bits per heavy atom. The average molecular weight is 459 g/mol. The molecule has 1 aromatic heterocycles. The van der Waals surface area contributed by atoms with E-state index in [9.17, 15) is 19.8 Å². The summed E-state index contributed by atoms with van der Waals surface area (Å²) in [6.45, 7) is 5.83. The van der Waals surface area contributed by atoms with E-state index in [1.54, 1.807) is 6.07 Å². The zero-order valence-corrected chi connectivity index (χ0v) is 19.5. The van der Waals surface area contributed by atoms with Gasteiger partial charge in [0.15, 0.2) is 0 Å². The summed E-state index contributed by atoms with van der Waals surface area (Å²) in [7, 11) is 0. The molecule has 0 radical (unpaired) electrons. The first kappa shape index (κ1) is 21.8. The molecule has 6 rings (SSSR count). The maximum Gasteiger partial charge on any atom is 0.335 e. The predicted octanol–water partition coefficient (Wildman–Crippen LogP) is 2.77. The number of esters is 1. The first-order chi connectivity index (χ1) is 15.6. The normalized spacial score (nSPS) is 52.2. The maximum atomic E-state index is 12.1. The molecule has 11 atom stereocenters. The molecule has 7 heteroatoms. The molecule has 5 fully saturated rings. The van der Waals surface area contributed by atoms with E-state index in [0.717, 1.165) is 37.7 Å². The highest BCUT2D eigenvalue weighted by Gasteiger charge is 2.86. The Hall–Kier alpha value is -1.70. The molecular formula is C26H34O7. The average Bonchev–Trinajstić information content (AvgIpc) is 3.46. The van der Waals surface area contributed by atoms with E-state index in [1.165, 1.54) is 19.3 Å². The molecule has 1 aliphatic heterocycles. The van der Waals surface area contributed by atoms with Gasteiger partial charge in [0.1, 0.15) is 17.8 Å². The van der Waals surface area contributed by atoms with Crippen LogP contribution in [0.3, 0.4) is 0 Å². The molecule has 1 spiro atoms. The maximum absolute atomic E-state index is 12.1. The first-order valence-corrected chi connectivity index (χ1v) is 12.4. The molecule has 1 aromatic rings. The van der Waals surface area contributed by atoms with Crippen LogP contribution < -0.4 is 5.63 Å². The van der Waals surface area contributed by atoms with Crippen molar-refractivity contribution < 1.29 is 28.9 Å². The van der Waals surface area contributed by atoms with Crippen LogP contribution in [0.5, 0.6) is 0 Å². The number of fused-ring (bicyclic) bond motifs is 3. The van der Waals surface area contributed by atoms with Gasteiger partial charge in [-0.1, -0.05) is 13.8 Å². The summed E-state index contributed by atoms with van der Waals surface area (Å²) in [4.78, 5) is 23.7. The van der Waals surface area contributed by atoms with Crippen LogP contribution in [0.15, 0.2) is 27.6 Å². The molecule has 0 aromatic carbocycles. The lowest BCUT2D eigenvalue weighted by Crippen LogP contribution is -2.63. The van der Waals surface area contributed by atoms with Crippen LogP contribution in [0.1, 0.15) is 70.8 Å². The molecular weight excluding hydrogens is 424 g/mol. The zero-order chi connectivity index (χ0) is 23.3. The van der Waals surface area contributed by atoms with Gasteiger partial charge in [-0.3, -0.25) is 4.79 Å². The fourth-order valence-electron chi connectivity index (χ4n) is 9.06. The molecule has 0 amide bonds. The van der Waals surface area contributed by atoms with Gasteiger partial charge in [0, 0.05) is 24.3 Å². The van der Waals surface area contributed by atoms with Gasteiger partial charge in [0.05, 0.1) is 18.5 Å². The number of hydrogen-bond donors (Lipinski definition) is 2. The van der Waals surface area contributed by atoms with E-state index in [0.29, 0.717) is 18.3 Å². The molecule has 1 saturated heterocycles. The molecule has 5 aliphatic rings. The molecule has 7 nitrogen and oxygen atoms in total. The van der Waals surface area contributed by atoms with Gasteiger partial charge in [-0.25, -0.2) is 4.79 Å². The SMILES string of the molecule is CC(=O)O[C@H]1[C@H]2OC23C2CC[C@@H]4C[C@@H](O)CC[C@]4(C)[C@H]2C[C@@H](O)[C@]3(C)[C@H]1c1ccc(=O)oc1. The van der Waals surface area contributed by atoms with Crippen molar-refractivity contribution in [3.05, 3.63) is 34.4 Å². The van der Waals surface area contributed by atoms with Gasteiger partial charge < -0.3 is 24.1 Å². The lowest BCUT2D eigenvalue weighted by molar-refractivity contribution is -0.190. The number of epoxide rings is 1. The minimum Gasteiger partial charge on any atom is -0.459 e. The smallest absolute Gasteiger partial charge is 0.335 e. The van der Waals surface area contributed by atoms with Crippen molar-refractivity contribution in [3.8, 4) is 0 Å². The van der Waals surface area contributed by atoms with Crippen LogP contribution >= 0.6 is 0 Å². The van der Waals surface area contributed by atoms with Crippen LogP contribution in [-0.2, 0) is 14.3 Å². The summed E-state index contributed by atoms with van der Waals surface area (Å²) in [5.41, 5.74) is -0.852. The molecule has 0 bridgehead atoms. The minimum atomic E-state index is -0.670. The number of aliphatic hydroxyl groups excluding tert-OH is 2. The quantitative estimate of drug-likeness (QED) is 0.518. The number of aliphatic hydroxyl groups is 2. The number of carbonyl (C=O) groups is 1. The minimum absolute atomic E-state index is 0.0598. The zero-order valence-electron chi connectivity index (χ0n) is 19.5. The molecule has 2 N–H and O–H groups in total. The Balaban J connectivity index is 1.44. The number of rotatable bonds is 2. The molecule has 4 saturated carbocycles. The Morgan fingerprint density at radius 1 is 1.12 bits per heavy atom. The Morgan fingerprint density at radius 2 is 1.91 bits per heavy atom. The second-order valence-corrected chi connectivity index (χ2v) is 11.7. The highest BCUT2D eigenvalue weighted by atomic mass is 16.7. The Kier molecular flexibility index (Phi) is 4.57. The molecule has 2 heterocycles. The third kappa shape index (κ3) is 2.67. The van der Waals surface area contributed by atoms with Crippen molar-refractivity contribution in [3.63, 3.8) is 0 Å². The molecule has 33 heavy (non-hydrogen) atoms. The highest BCUT2D eigenvalue weighted by Crippen LogP contribution is 2.78. The standard InChI is InChI=1S/C26H34O7/c1-13(27)32-22-21(14-4-7-20(30)31-12-14)25(3)19(29)11-18-17(26(25)23(22)33-26)6-5-15-10-16(28)8-9-24(15,18)2/h4,7,12,15-19,21-23,28-29H,5-6,8-11H2,1-3H3/t15-,16+,17?,18+,19-,21+,22-,23-,24+,25-,26?/m1/s1. The summed E-state index contributed by atoms with van der Waals surface area (Å²) in [6, 6.07) is 3.12. The van der Waals surface area contributed by atoms with Gasteiger partial charge in [-0.05, 0) is 73.3 Å². The van der Waals surface area contributed by atoms with E-state index < -0.39 is 28.8 Å². The fraction of sp³-hybridized carbons (Fsp3) is 0.769. The van der Waals surface area contributed by atoms with Crippen LogP contribution in [-0.4, -0.2) is 46.2 Å². The first-order valence-electron chi connectivity index (χ1n) is 12.4. The lowest BCUT2D eigenvalue weighted by atomic mass is 9.43. The fourth-order valence-corrected chi connectivity index (χ4v) is 9.06. The Bertz CT molecular complexity index is 1020. The number of ether oxygens (including phenoxy) is 2. The topological polar surface area (TPSA) is 110 Å². The van der Waals surface area contributed by atoms with Gasteiger partial charge in [-0.2, -0.15) is 0 Å². The van der Waals surface area contributed by atoms with Crippen LogP contribution in [0.2, 0.25) is 0 Å². The van der Waals surface area contributed by atoms with Crippen molar-refractivity contribution in [1.29, 1.82) is 0 Å².